The van der Waals surface area contributed by atoms with E-state index in [2.05, 4.69) is 0 Å². The Morgan fingerprint density at radius 1 is 1.20 bits per heavy atom. The van der Waals surface area contributed by atoms with Crippen LogP contribution in [0.5, 0.6) is 0 Å². The van der Waals surface area contributed by atoms with Crippen LogP contribution in [0.4, 0.5) is 4.39 Å². The lowest BCUT2D eigenvalue weighted by atomic mass is 9.89. The molecule has 15 heavy (non-hydrogen) atoms. The van der Waals surface area contributed by atoms with E-state index in [1.54, 1.807) is 6.92 Å². The zero-order valence-corrected chi connectivity index (χ0v) is 9.17. The number of alkyl halides is 1. The zero-order valence-electron chi connectivity index (χ0n) is 9.17. The molecule has 0 spiro atoms. The molecule has 0 bridgehead atoms. The quantitative estimate of drug-likeness (QED) is 0.789. The Morgan fingerprint density at radius 2 is 1.73 bits per heavy atom. The molecule has 2 heteroatoms. The molecular weight excluding hydrogens is 189 g/mol. The van der Waals surface area contributed by atoms with Gasteiger partial charge in [-0.2, -0.15) is 0 Å². The van der Waals surface area contributed by atoms with Gasteiger partial charge < -0.3 is 5.73 Å². The molecule has 82 valence electrons. The minimum Gasteiger partial charge on any atom is -0.321 e. The molecule has 1 aliphatic carbocycles. The topological polar surface area (TPSA) is 26.0 Å². The lowest BCUT2D eigenvalue weighted by Crippen LogP contribution is -2.32. The second kappa shape index (κ2) is 3.93. The fourth-order valence-corrected chi connectivity index (χ4v) is 2.37. The third-order valence-electron chi connectivity index (χ3n) is 3.44. The fourth-order valence-electron chi connectivity index (χ4n) is 2.37. The molecule has 2 rings (SSSR count). The van der Waals surface area contributed by atoms with Gasteiger partial charge in [-0.05, 0) is 30.9 Å². The molecule has 1 saturated carbocycles. The third kappa shape index (κ3) is 2.05. The summed E-state index contributed by atoms with van der Waals surface area (Å²) in [5.41, 5.74) is 8.05. The van der Waals surface area contributed by atoms with Gasteiger partial charge in [0, 0.05) is 5.54 Å². The molecule has 0 aliphatic heterocycles. The van der Waals surface area contributed by atoms with E-state index in [-0.39, 0.29) is 5.54 Å². The summed E-state index contributed by atoms with van der Waals surface area (Å²) in [6, 6.07) is 7.67. The molecule has 0 radical (unpaired) electrons. The van der Waals surface area contributed by atoms with Gasteiger partial charge in [0.2, 0.25) is 0 Å². The lowest BCUT2D eigenvalue weighted by molar-refractivity contribution is 0.373. The molecular formula is C13H18FN. The van der Waals surface area contributed by atoms with Gasteiger partial charge in [0.15, 0.2) is 0 Å². The standard InChI is InChI=1S/C13H18FN/c1-10(14)11-4-6-12(7-5-11)13(15)8-2-3-9-13/h4-7,10H,2-3,8-9,15H2,1H3. The van der Waals surface area contributed by atoms with Crippen molar-refractivity contribution in [3.05, 3.63) is 35.4 Å². The van der Waals surface area contributed by atoms with E-state index in [1.807, 2.05) is 24.3 Å². The van der Waals surface area contributed by atoms with Crippen molar-refractivity contribution in [1.82, 2.24) is 0 Å². The van der Waals surface area contributed by atoms with Crippen molar-refractivity contribution in [2.75, 3.05) is 0 Å². The molecule has 1 fully saturated rings. The first-order chi connectivity index (χ1) is 7.12. The van der Waals surface area contributed by atoms with Gasteiger partial charge in [-0.3, -0.25) is 0 Å². The monoisotopic (exact) mass is 207 g/mol. The first-order valence-corrected chi connectivity index (χ1v) is 5.65. The Balaban J connectivity index is 2.23. The molecule has 0 saturated heterocycles. The van der Waals surface area contributed by atoms with E-state index in [1.165, 1.54) is 12.8 Å². The summed E-state index contributed by atoms with van der Waals surface area (Å²) in [4.78, 5) is 0. The van der Waals surface area contributed by atoms with Gasteiger partial charge in [0.05, 0.1) is 0 Å². The van der Waals surface area contributed by atoms with E-state index in [9.17, 15) is 4.39 Å². The SMILES string of the molecule is CC(F)c1ccc(C2(N)CCCC2)cc1. The number of nitrogens with two attached hydrogens (primary N) is 1. The van der Waals surface area contributed by atoms with Crippen molar-refractivity contribution in [1.29, 1.82) is 0 Å². The highest BCUT2D eigenvalue weighted by Crippen LogP contribution is 2.36. The molecule has 1 aromatic carbocycles. The summed E-state index contributed by atoms with van der Waals surface area (Å²) >= 11 is 0. The van der Waals surface area contributed by atoms with Crippen LogP contribution in [0.25, 0.3) is 0 Å². The van der Waals surface area contributed by atoms with Crippen LogP contribution in [0.3, 0.4) is 0 Å². The lowest BCUT2D eigenvalue weighted by Gasteiger charge is -2.24. The largest absolute Gasteiger partial charge is 0.321 e. The van der Waals surface area contributed by atoms with Crippen molar-refractivity contribution in [2.24, 2.45) is 5.73 Å². The molecule has 1 nitrogen and oxygen atoms in total. The summed E-state index contributed by atoms with van der Waals surface area (Å²) in [5, 5.41) is 0. The highest BCUT2D eigenvalue weighted by atomic mass is 19.1. The van der Waals surface area contributed by atoms with Crippen LogP contribution in [0, 0.1) is 0 Å². The van der Waals surface area contributed by atoms with Crippen LogP contribution in [0.1, 0.15) is 49.9 Å². The van der Waals surface area contributed by atoms with Crippen LogP contribution in [-0.4, -0.2) is 0 Å². The molecule has 1 unspecified atom stereocenters. The van der Waals surface area contributed by atoms with Crippen LogP contribution >= 0.6 is 0 Å². The molecule has 2 N–H and O–H groups in total. The van der Waals surface area contributed by atoms with Crippen molar-refractivity contribution < 1.29 is 4.39 Å². The van der Waals surface area contributed by atoms with Crippen LogP contribution in [-0.2, 0) is 5.54 Å². The molecule has 0 amide bonds. The van der Waals surface area contributed by atoms with E-state index >= 15 is 0 Å². The van der Waals surface area contributed by atoms with Gasteiger partial charge in [-0.25, -0.2) is 4.39 Å². The summed E-state index contributed by atoms with van der Waals surface area (Å²) < 4.78 is 13.0. The molecule has 0 aromatic heterocycles. The van der Waals surface area contributed by atoms with Crippen molar-refractivity contribution in [2.45, 2.75) is 44.3 Å². The summed E-state index contributed by atoms with van der Waals surface area (Å²) in [5.74, 6) is 0. The van der Waals surface area contributed by atoms with Gasteiger partial charge >= 0.3 is 0 Å². The fraction of sp³-hybridized carbons (Fsp3) is 0.538. The van der Waals surface area contributed by atoms with Gasteiger partial charge in [0.25, 0.3) is 0 Å². The van der Waals surface area contributed by atoms with Gasteiger partial charge in [-0.15, -0.1) is 0 Å². The zero-order chi connectivity index (χ0) is 10.9. The molecule has 1 aromatic rings. The smallest absolute Gasteiger partial charge is 0.122 e. The second-order valence-corrected chi connectivity index (χ2v) is 4.60. The van der Waals surface area contributed by atoms with E-state index < -0.39 is 6.17 Å². The first kappa shape index (κ1) is 10.6. The molecule has 0 heterocycles. The highest BCUT2D eigenvalue weighted by Gasteiger charge is 2.30. The number of benzene rings is 1. The van der Waals surface area contributed by atoms with Gasteiger partial charge in [0.1, 0.15) is 6.17 Å². The summed E-state index contributed by atoms with van der Waals surface area (Å²) in [7, 11) is 0. The van der Waals surface area contributed by atoms with Crippen molar-refractivity contribution in [3.63, 3.8) is 0 Å². The normalized spacial score (nSPS) is 21.5. The highest BCUT2D eigenvalue weighted by molar-refractivity contribution is 5.30. The molecule has 1 atom stereocenters. The predicted octanol–water partition coefficient (Wildman–Crippen LogP) is 3.45. The summed E-state index contributed by atoms with van der Waals surface area (Å²) in [6.07, 6.45) is 3.63. The van der Waals surface area contributed by atoms with Crippen LogP contribution < -0.4 is 5.73 Å². The van der Waals surface area contributed by atoms with Crippen molar-refractivity contribution in [3.8, 4) is 0 Å². The minimum absolute atomic E-state index is 0.155. The number of hydrogen-bond donors (Lipinski definition) is 1. The Morgan fingerprint density at radius 3 is 2.20 bits per heavy atom. The number of hydrogen-bond acceptors (Lipinski definition) is 1. The second-order valence-electron chi connectivity index (χ2n) is 4.60. The molecule has 1 aliphatic rings. The predicted molar refractivity (Wildman–Crippen MR) is 60.3 cm³/mol. The van der Waals surface area contributed by atoms with E-state index in [0.717, 1.165) is 24.0 Å². The maximum atomic E-state index is 13.0. The van der Waals surface area contributed by atoms with E-state index in [0.29, 0.717) is 0 Å². The maximum absolute atomic E-state index is 13.0. The Bertz CT molecular complexity index is 323. The minimum atomic E-state index is -0.892. The first-order valence-electron chi connectivity index (χ1n) is 5.65. The number of halogens is 1. The van der Waals surface area contributed by atoms with E-state index in [4.69, 9.17) is 5.73 Å². The number of rotatable bonds is 2. The Hall–Kier alpha value is -0.890. The Kier molecular flexibility index (Phi) is 2.79. The third-order valence-corrected chi connectivity index (χ3v) is 3.44. The van der Waals surface area contributed by atoms with Crippen LogP contribution in [0.2, 0.25) is 0 Å². The average molecular weight is 207 g/mol. The van der Waals surface area contributed by atoms with Gasteiger partial charge in [-0.1, -0.05) is 37.1 Å². The Labute approximate surface area is 90.5 Å². The van der Waals surface area contributed by atoms with Crippen LogP contribution in [0.15, 0.2) is 24.3 Å². The summed E-state index contributed by atoms with van der Waals surface area (Å²) in [6.45, 7) is 1.56. The average Bonchev–Trinajstić information content (AvgIpc) is 2.67. The van der Waals surface area contributed by atoms with Crippen molar-refractivity contribution >= 4 is 0 Å². The maximum Gasteiger partial charge on any atom is 0.122 e.